The van der Waals surface area contributed by atoms with Crippen molar-refractivity contribution in [3.05, 3.63) is 101 Å². The average molecular weight is 391 g/mol. The van der Waals surface area contributed by atoms with Crippen LogP contribution in [0.4, 0.5) is 5.69 Å². The minimum Gasteiger partial charge on any atom is -0.266 e. The average Bonchev–Trinajstić information content (AvgIpc) is 2.99. The number of carbonyl (C=O) groups excluding carboxylic acids is 1. The molecule has 0 fully saturated rings. The predicted molar refractivity (Wildman–Crippen MR) is 113 cm³/mol. The highest BCUT2D eigenvalue weighted by Gasteiger charge is 2.32. The van der Waals surface area contributed by atoms with Crippen molar-refractivity contribution in [2.24, 2.45) is 4.99 Å². The molecule has 3 aromatic rings. The molecule has 0 bridgehead atoms. The highest BCUT2D eigenvalue weighted by molar-refractivity contribution is 8.14. The highest BCUT2D eigenvalue weighted by Crippen LogP contribution is 2.33. The van der Waals surface area contributed by atoms with Crippen LogP contribution in [0.1, 0.15) is 5.56 Å². The molecule has 0 saturated carbocycles. The standard InChI is InChI=1S/C22H15ClN2OS/c23-17-11-13-18(14-12-17)25-21(26)20(15-16-7-3-1-4-8-16)24-22(25)27-19-9-5-2-6-10-19/h1-15H. The van der Waals surface area contributed by atoms with Crippen LogP contribution in [0.15, 0.2) is 101 Å². The molecule has 3 aromatic carbocycles. The van der Waals surface area contributed by atoms with Crippen molar-refractivity contribution in [2.45, 2.75) is 4.90 Å². The first kappa shape index (κ1) is 17.6. The van der Waals surface area contributed by atoms with Crippen LogP contribution >= 0.6 is 23.4 Å². The van der Waals surface area contributed by atoms with Gasteiger partial charge in [-0.3, -0.25) is 9.69 Å². The van der Waals surface area contributed by atoms with Crippen molar-refractivity contribution in [2.75, 3.05) is 4.90 Å². The molecule has 132 valence electrons. The van der Waals surface area contributed by atoms with Crippen LogP contribution in [-0.4, -0.2) is 11.1 Å². The maximum atomic E-state index is 13.1. The molecular formula is C22H15ClN2OS. The van der Waals surface area contributed by atoms with Gasteiger partial charge in [0.25, 0.3) is 5.91 Å². The molecule has 0 saturated heterocycles. The third kappa shape index (κ3) is 3.97. The van der Waals surface area contributed by atoms with Crippen molar-refractivity contribution in [3.63, 3.8) is 0 Å². The molecule has 0 radical (unpaired) electrons. The maximum Gasteiger partial charge on any atom is 0.283 e. The Morgan fingerprint density at radius 2 is 1.48 bits per heavy atom. The topological polar surface area (TPSA) is 32.7 Å². The normalized spacial score (nSPS) is 15.3. The number of hydrogen-bond donors (Lipinski definition) is 0. The van der Waals surface area contributed by atoms with Crippen molar-refractivity contribution < 1.29 is 4.79 Å². The third-order valence-electron chi connectivity index (χ3n) is 3.97. The second kappa shape index (κ2) is 7.82. The van der Waals surface area contributed by atoms with Gasteiger partial charge in [0.05, 0.1) is 5.69 Å². The Morgan fingerprint density at radius 3 is 2.15 bits per heavy atom. The molecule has 0 unspecified atom stereocenters. The predicted octanol–water partition coefficient (Wildman–Crippen LogP) is 5.88. The van der Waals surface area contributed by atoms with Gasteiger partial charge in [-0.15, -0.1) is 0 Å². The maximum absolute atomic E-state index is 13.1. The van der Waals surface area contributed by atoms with E-state index in [4.69, 9.17) is 11.6 Å². The Morgan fingerprint density at radius 1 is 0.852 bits per heavy atom. The van der Waals surface area contributed by atoms with E-state index in [1.54, 1.807) is 17.0 Å². The summed E-state index contributed by atoms with van der Waals surface area (Å²) in [5, 5.41) is 1.25. The zero-order chi connectivity index (χ0) is 18.6. The molecule has 0 aromatic heterocycles. The van der Waals surface area contributed by atoms with E-state index in [1.165, 1.54) is 11.8 Å². The first-order chi connectivity index (χ1) is 13.2. The molecule has 0 spiro atoms. The van der Waals surface area contributed by atoms with Gasteiger partial charge in [0.1, 0.15) is 5.70 Å². The fourth-order valence-electron chi connectivity index (χ4n) is 2.68. The number of thioether (sulfide) groups is 1. The Bertz CT molecular complexity index is 1020. The van der Waals surface area contributed by atoms with Crippen LogP contribution in [0, 0.1) is 0 Å². The molecule has 3 nitrogen and oxygen atoms in total. The molecule has 4 rings (SSSR count). The molecule has 1 heterocycles. The van der Waals surface area contributed by atoms with E-state index in [0.717, 1.165) is 16.1 Å². The largest absolute Gasteiger partial charge is 0.283 e. The molecular weight excluding hydrogens is 376 g/mol. The summed E-state index contributed by atoms with van der Waals surface area (Å²) in [5.41, 5.74) is 2.09. The Kier molecular flexibility index (Phi) is 5.10. The minimum absolute atomic E-state index is 0.153. The van der Waals surface area contributed by atoms with E-state index in [1.807, 2.05) is 78.9 Å². The van der Waals surface area contributed by atoms with Crippen LogP contribution in [-0.2, 0) is 4.79 Å². The Balaban J connectivity index is 1.74. The number of halogens is 1. The summed E-state index contributed by atoms with van der Waals surface area (Å²) in [5.74, 6) is -0.153. The first-order valence-corrected chi connectivity index (χ1v) is 9.58. The van der Waals surface area contributed by atoms with Crippen molar-refractivity contribution >= 4 is 46.2 Å². The van der Waals surface area contributed by atoms with Gasteiger partial charge in [-0.05, 0) is 48.0 Å². The lowest BCUT2D eigenvalue weighted by molar-refractivity contribution is -0.113. The molecule has 1 aliphatic heterocycles. The van der Waals surface area contributed by atoms with E-state index >= 15 is 0 Å². The number of aliphatic imine (C=N–C) groups is 1. The van der Waals surface area contributed by atoms with E-state index in [9.17, 15) is 4.79 Å². The number of carbonyl (C=O) groups is 1. The highest BCUT2D eigenvalue weighted by atomic mass is 35.5. The summed E-state index contributed by atoms with van der Waals surface area (Å²) in [6.45, 7) is 0. The van der Waals surface area contributed by atoms with Crippen molar-refractivity contribution in [1.29, 1.82) is 0 Å². The van der Waals surface area contributed by atoms with Gasteiger partial charge in [-0.1, -0.05) is 71.9 Å². The molecule has 1 amide bonds. The monoisotopic (exact) mass is 390 g/mol. The minimum atomic E-state index is -0.153. The van der Waals surface area contributed by atoms with Crippen LogP contribution in [0.25, 0.3) is 6.08 Å². The van der Waals surface area contributed by atoms with Gasteiger partial charge in [-0.25, -0.2) is 4.99 Å². The lowest BCUT2D eigenvalue weighted by Gasteiger charge is -2.17. The van der Waals surface area contributed by atoms with Crippen molar-refractivity contribution in [1.82, 2.24) is 0 Å². The fraction of sp³-hybridized carbons (Fsp3) is 0. The molecule has 0 atom stereocenters. The molecule has 27 heavy (non-hydrogen) atoms. The lowest BCUT2D eigenvalue weighted by Crippen LogP contribution is -2.30. The van der Waals surface area contributed by atoms with Crippen molar-refractivity contribution in [3.8, 4) is 0 Å². The number of amidine groups is 1. The van der Waals surface area contributed by atoms with Gasteiger partial charge in [-0.2, -0.15) is 0 Å². The lowest BCUT2D eigenvalue weighted by atomic mass is 10.2. The van der Waals surface area contributed by atoms with Gasteiger partial charge in [0.2, 0.25) is 0 Å². The second-order valence-corrected chi connectivity index (χ2v) is 7.34. The number of anilines is 1. The number of amides is 1. The van der Waals surface area contributed by atoms with Gasteiger partial charge in [0, 0.05) is 9.92 Å². The van der Waals surface area contributed by atoms with E-state index in [0.29, 0.717) is 15.9 Å². The smallest absolute Gasteiger partial charge is 0.266 e. The number of benzene rings is 3. The molecule has 0 aliphatic carbocycles. The van der Waals surface area contributed by atoms with E-state index in [-0.39, 0.29) is 5.91 Å². The molecule has 1 aliphatic rings. The summed E-state index contributed by atoms with van der Waals surface area (Å²) >= 11 is 7.46. The fourth-order valence-corrected chi connectivity index (χ4v) is 3.74. The number of hydrogen-bond acceptors (Lipinski definition) is 3. The SMILES string of the molecule is O=C1C(=Cc2ccccc2)N=C(Sc2ccccc2)N1c1ccc(Cl)cc1. The van der Waals surface area contributed by atoms with Gasteiger partial charge >= 0.3 is 0 Å². The van der Waals surface area contributed by atoms with Crippen LogP contribution in [0.5, 0.6) is 0 Å². The first-order valence-electron chi connectivity index (χ1n) is 8.39. The number of nitrogens with zero attached hydrogens (tertiary/aromatic N) is 2. The summed E-state index contributed by atoms with van der Waals surface area (Å²) < 4.78 is 0. The number of rotatable bonds is 3. The van der Waals surface area contributed by atoms with Crippen LogP contribution in [0.2, 0.25) is 5.02 Å². The Labute approximate surface area is 167 Å². The quantitative estimate of drug-likeness (QED) is 0.523. The second-order valence-electron chi connectivity index (χ2n) is 5.87. The Hall–Kier alpha value is -2.82. The molecule has 5 heteroatoms. The summed E-state index contributed by atoms with van der Waals surface area (Å²) in [6, 6.07) is 26.8. The van der Waals surface area contributed by atoms with E-state index < -0.39 is 0 Å². The van der Waals surface area contributed by atoms with Crippen LogP contribution in [0.3, 0.4) is 0 Å². The molecule has 0 N–H and O–H groups in total. The summed E-state index contributed by atoms with van der Waals surface area (Å²) in [6.07, 6.45) is 1.81. The summed E-state index contributed by atoms with van der Waals surface area (Å²) in [4.78, 5) is 20.4. The van der Waals surface area contributed by atoms with Crippen LogP contribution < -0.4 is 4.90 Å². The van der Waals surface area contributed by atoms with E-state index in [2.05, 4.69) is 4.99 Å². The summed E-state index contributed by atoms with van der Waals surface area (Å²) in [7, 11) is 0. The zero-order valence-electron chi connectivity index (χ0n) is 14.2. The van der Waals surface area contributed by atoms with Gasteiger partial charge < -0.3 is 0 Å². The third-order valence-corrected chi connectivity index (χ3v) is 5.19. The van der Waals surface area contributed by atoms with Gasteiger partial charge in [0.15, 0.2) is 5.17 Å². The zero-order valence-corrected chi connectivity index (χ0v) is 15.8.